The van der Waals surface area contributed by atoms with Gasteiger partial charge in [0, 0.05) is 29.6 Å². The number of nitriles is 1. The van der Waals surface area contributed by atoms with Crippen molar-refractivity contribution < 1.29 is 4.74 Å². The standard InChI is InChI=1S/C13H15IN2O/c14-12-1-3-13(4-2-12)17-8-7-16-9-11(10-16)5-6-15/h1-4,11H,5,7-10H2. The lowest BCUT2D eigenvalue weighted by Gasteiger charge is -2.37. The first-order valence-electron chi connectivity index (χ1n) is 5.75. The van der Waals surface area contributed by atoms with Crippen LogP contribution in [0.25, 0.3) is 0 Å². The summed E-state index contributed by atoms with van der Waals surface area (Å²) in [7, 11) is 0. The minimum Gasteiger partial charge on any atom is -0.492 e. The highest BCUT2D eigenvalue weighted by Crippen LogP contribution is 2.18. The zero-order valence-corrected chi connectivity index (χ0v) is 11.8. The fourth-order valence-corrected chi connectivity index (χ4v) is 2.30. The Morgan fingerprint density at radius 3 is 2.71 bits per heavy atom. The maximum Gasteiger partial charge on any atom is 0.119 e. The topological polar surface area (TPSA) is 36.3 Å². The van der Waals surface area contributed by atoms with Crippen LogP contribution in [0.3, 0.4) is 0 Å². The summed E-state index contributed by atoms with van der Waals surface area (Å²) in [4.78, 5) is 2.33. The van der Waals surface area contributed by atoms with Crippen LogP contribution >= 0.6 is 22.6 Å². The fraction of sp³-hybridized carbons (Fsp3) is 0.462. The van der Waals surface area contributed by atoms with E-state index in [1.54, 1.807) is 0 Å². The summed E-state index contributed by atoms with van der Waals surface area (Å²) in [5.41, 5.74) is 0. The van der Waals surface area contributed by atoms with Gasteiger partial charge in [-0.15, -0.1) is 0 Å². The van der Waals surface area contributed by atoms with Crippen LogP contribution < -0.4 is 4.74 Å². The van der Waals surface area contributed by atoms with E-state index in [2.05, 4.69) is 33.6 Å². The van der Waals surface area contributed by atoms with Crippen molar-refractivity contribution in [1.29, 1.82) is 5.26 Å². The summed E-state index contributed by atoms with van der Waals surface area (Å²) in [5, 5.41) is 8.54. The molecule has 90 valence electrons. The van der Waals surface area contributed by atoms with Gasteiger partial charge < -0.3 is 4.74 Å². The Bertz CT molecular complexity index is 393. The molecule has 1 aromatic rings. The van der Waals surface area contributed by atoms with Crippen LogP contribution in [0.2, 0.25) is 0 Å². The molecule has 1 heterocycles. The summed E-state index contributed by atoms with van der Waals surface area (Å²) in [6.45, 7) is 3.76. The Hall–Kier alpha value is -0.800. The predicted octanol–water partition coefficient (Wildman–Crippen LogP) is 2.52. The number of nitrogens with zero attached hydrogens (tertiary/aromatic N) is 2. The molecule has 0 radical (unpaired) electrons. The first-order valence-corrected chi connectivity index (χ1v) is 6.83. The van der Waals surface area contributed by atoms with Gasteiger partial charge in [0.05, 0.1) is 6.07 Å². The van der Waals surface area contributed by atoms with E-state index < -0.39 is 0 Å². The second-order valence-corrected chi connectivity index (χ2v) is 5.54. The van der Waals surface area contributed by atoms with Crippen molar-refractivity contribution in [3.05, 3.63) is 27.8 Å². The van der Waals surface area contributed by atoms with Crippen molar-refractivity contribution >= 4 is 22.6 Å². The molecule has 4 heteroatoms. The number of ether oxygens (including phenoxy) is 1. The highest BCUT2D eigenvalue weighted by Gasteiger charge is 2.25. The number of likely N-dealkylation sites (tertiary alicyclic amines) is 1. The average molecular weight is 342 g/mol. The molecule has 1 aliphatic rings. The van der Waals surface area contributed by atoms with Crippen LogP contribution in [0.4, 0.5) is 0 Å². The minimum absolute atomic E-state index is 0.582. The lowest BCUT2D eigenvalue weighted by molar-refractivity contribution is 0.0854. The largest absolute Gasteiger partial charge is 0.492 e. The molecule has 0 aliphatic carbocycles. The second-order valence-electron chi connectivity index (χ2n) is 4.29. The van der Waals surface area contributed by atoms with Crippen LogP contribution in [0.5, 0.6) is 5.75 Å². The number of rotatable bonds is 5. The summed E-state index contributed by atoms with van der Waals surface area (Å²) in [6, 6.07) is 10.3. The van der Waals surface area contributed by atoms with Gasteiger partial charge in [-0.1, -0.05) is 0 Å². The summed E-state index contributed by atoms with van der Waals surface area (Å²) in [5.74, 6) is 1.51. The minimum atomic E-state index is 0.582. The van der Waals surface area contributed by atoms with Gasteiger partial charge in [0.15, 0.2) is 0 Å². The van der Waals surface area contributed by atoms with Crippen LogP contribution in [0, 0.1) is 20.8 Å². The molecule has 0 unspecified atom stereocenters. The van der Waals surface area contributed by atoms with Gasteiger partial charge in [-0.05, 0) is 52.8 Å². The van der Waals surface area contributed by atoms with E-state index in [1.165, 1.54) is 3.57 Å². The third-order valence-corrected chi connectivity index (χ3v) is 3.62. The molecule has 2 rings (SSSR count). The molecule has 3 nitrogen and oxygen atoms in total. The van der Waals surface area contributed by atoms with Gasteiger partial charge in [0.1, 0.15) is 12.4 Å². The Morgan fingerprint density at radius 2 is 2.06 bits per heavy atom. The van der Waals surface area contributed by atoms with E-state index >= 15 is 0 Å². The van der Waals surface area contributed by atoms with Gasteiger partial charge >= 0.3 is 0 Å². The maximum atomic E-state index is 8.54. The molecular formula is C13H15IN2O. The molecule has 0 spiro atoms. The zero-order valence-electron chi connectivity index (χ0n) is 9.60. The van der Waals surface area contributed by atoms with Crippen LogP contribution in [0.15, 0.2) is 24.3 Å². The van der Waals surface area contributed by atoms with Gasteiger partial charge in [-0.25, -0.2) is 0 Å². The summed E-state index contributed by atoms with van der Waals surface area (Å²) in [6.07, 6.45) is 0.689. The zero-order chi connectivity index (χ0) is 12.1. The van der Waals surface area contributed by atoms with Crippen LogP contribution in [0.1, 0.15) is 6.42 Å². The Morgan fingerprint density at radius 1 is 1.35 bits per heavy atom. The second kappa shape index (κ2) is 6.22. The molecule has 0 atom stereocenters. The van der Waals surface area contributed by atoms with E-state index in [9.17, 15) is 0 Å². The summed E-state index contributed by atoms with van der Waals surface area (Å²) < 4.78 is 6.87. The third kappa shape index (κ3) is 3.86. The Labute approximate surface area is 116 Å². The van der Waals surface area contributed by atoms with Crippen molar-refractivity contribution in [3.8, 4) is 11.8 Å². The number of hydrogen-bond donors (Lipinski definition) is 0. The molecule has 17 heavy (non-hydrogen) atoms. The molecule has 1 saturated heterocycles. The highest BCUT2D eigenvalue weighted by molar-refractivity contribution is 14.1. The molecule has 1 aromatic carbocycles. The quantitative estimate of drug-likeness (QED) is 0.772. The van der Waals surface area contributed by atoms with Gasteiger partial charge in [-0.3, -0.25) is 4.90 Å². The van der Waals surface area contributed by atoms with E-state index in [-0.39, 0.29) is 0 Å². The van der Waals surface area contributed by atoms with E-state index in [0.717, 1.165) is 32.0 Å². The third-order valence-electron chi connectivity index (χ3n) is 2.90. The van der Waals surface area contributed by atoms with Crippen molar-refractivity contribution in [2.75, 3.05) is 26.2 Å². The molecule has 1 aliphatic heterocycles. The van der Waals surface area contributed by atoms with E-state index in [1.807, 2.05) is 24.3 Å². The van der Waals surface area contributed by atoms with Gasteiger partial charge in [0.25, 0.3) is 0 Å². The predicted molar refractivity (Wildman–Crippen MR) is 74.8 cm³/mol. The van der Waals surface area contributed by atoms with Crippen LogP contribution in [-0.4, -0.2) is 31.1 Å². The summed E-state index contributed by atoms with van der Waals surface area (Å²) >= 11 is 2.28. The van der Waals surface area contributed by atoms with Crippen molar-refractivity contribution in [2.24, 2.45) is 5.92 Å². The first-order chi connectivity index (χ1) is 8.28. The van der Waals surface area contributed by atoms with E-state index in [0.29, 0.717) is 12.3 Å². The Balaban J connectivity index is 1.61. The van der Waals surface area contributed by atoms with Gasteiger partial charge in [-0.2, -0.15) is 5.26 Å². The molecule has 0 bridgehead atoms. The number of halogens is 1. The number of benzene rings is 1. The smallest absolute Gasteiger partial charge is 0.119 e. The number of hydrogen-bond acceptors (Lipinski definition) is 3. The van der Waals surface area contributed by atoms with Gasteiger partial charge in [0.2, 0.25) is 0 Å². The molecule has 0 aromatic heterocycles. The monoisotopic (exact) mass is 342 g/mol. The molecule has 0 amide bonds. The van der Waals surface area contributed by atoms with Crippen molar-refractivity contribution in [3.63, 3.8) is 0 Å². The fourth-order valence-electron chi connectivity index (χ4n) is 1.94. The van der Waals surface area contributed by atoms with Crippen molar-refractivity contribution in [2.45, 2.75) is 6.42 Å². The lowest BCUT2D eigenvalue weighted by atomic mass is 9.97. The molecule has 1 fully saturated rings. The molecular weight excluding hydrogens is 327 g/mol. The maximum absolute atomic E-state index is 8.54. The normalized spacial score (nSPS) is 16.2. The molecule has 0 N–H and O–H groups in total. The Kier molecular flexibility index (Phi) is 4.63. The van der Waals surface area contributed by atoms with Crippen LogP contribution in [-0.2, 0) is 0 Å². The molecule has 0 saturated carbocycles. The van der Waals surface area contributed by atoms with Crippen molar-refractivity contribution in [1.82, 2.24) is 4.90 Å². The first kappa shape index (κ1) is 12.7. The van der Waals surface area contributed by atoms with E-state index in [4.69, 9.17) is 10.00 Å². The SMILES string of the molecule is N#CCC1CN(CCOc2ccc(I)cc2)C1. The highest BCUT2D eigenvalue weighted by atomic mass is 127. The average Bonchev–Trinajstić information content (AvgIpc) is 2.28. The lowest BCUT2D eigenvalue weighted by Crippen LogP contribution is -2.47.